The number of ether oxygens (including phenoxy) is 1. The lowest BCUT2D eigenvalue weighted by Crippen LogP contribution is -2.15. The summed E-state index contributed by atoms with van der Waals surface area (Å²) in [6, 6.07) is 5.90. The van der Waals surface area contributed by atoms with E-state index in [9.17, 15) is 5.11 Å². The van der Waals surface area contributed by atoms with Crippen LogP contribution in [-0.2, 0) is 0 Å². The van der Waals surface area contributed by atoms with Crippen LogP contribution >= 0.6 is 15.9 Å². The molecule has 0 aliphatic rings. The molecule has 102 valence electrons. The maximum Gasteiger partial charge on any atom is 0.122 e. The summed E-state index contributed by atoms with van der Waals surface area (Å²) >= 11 is 3.45. The lowest BCUT2D eigenvalue weighted by Gasteiger charge is -2.19. The SMILES string of the molecule is CCCOc1ccc(Br)cc1C(C)CC(O)CO. The van der Waals surface area contributed by atoms with Gasteiger partial charge in [0.15, 0.2) is 0 Å². The Hall–Kier alpha value is -0.580. The second kappa shape index (κ2) is 7.77. The molecule has 0 aliphatic carbocycles. The van der Waals surface area contributed by atoms with E-state index in [-0.39, 0.29) is 12.5 Å². The molecule has 3 nitrogen and oxygen atoms in total. The van der Waals surface area contributed by atoms with Crippen molar-refractivity contribution in [1.29, 1.82) is 0 Å². The smallest absolute Gasteiger partial charge is 0.122 e. The fraction of sp³-hybridized carbons (Fsp3) is 0.571. The van der Waals surface area contributed by atoms with Gasteiger partial charge in [-0.25, -0.2) is 0 Å². The second-order valence-electron chi connectivity index (χ2n) is 4.50. The predicted octanol–water partition coefficient (Wildman–Crippen LogP) is 3.08. The van der Waals surface area contributed by atoms with Gasteiger partial charge in [0.1, 0.15) is 5.75 Å². The predicted molar refractivity (Wildman–Crippen MR) is 76.1 cm³/mol. The van der Waals surface area contributed by atoms with E-state index in [1.54, 1.807) is 0 Å². The lowest BCUT2D eigenvalue weighted by molar-refractivity contribution is 0.0832. The molecule has 2 unspecified atom stereocenters. The van der Waals surface area contributed by atoms with Crippen molar-refractivity contribution in [3.63, 3.8) is 0 Å². The molecule has 1 aromatic rings. The molecule has 2 N–H and O–H groups in total. The molecule has 0 fully saturated rings. The first kappa shape index (κ1) is 15.5. The number of rotatable bonds is 7. The normalized spacial score (nSPS) is 14.3. The quantitative estimate of drug-likeness (QED) is 0.812. The molecule has 0 aromatic heterocycles. The first-order chi connectivity index (χ1) is 8.58. The third kappa shape index (κ3) is 4.59. The standard InChI is InChI=1S/C14H21BrO3/c1-3-6-18-14-5-4-11(15)8-13(14)10(2)7-12(17)9-16/h4-5,8,10,12,16-17H,3,6-7,9H2,1-2H3. The summed E-state index contributed by atoms with van der Waals surface area (Å²) in [6.45, 7) is 4.57. The first-order valence-electron chi connectivity index (χ1n) is 6.29. The van der Waals surface area contributed by atoms with Gasteiger partial charge in [-0.3, -0.25) is 0 Å². The molecule has 2 atom stereocenters. The second-order valence-corrected chi connectivity index (χ2v) is 5.42. The van der Waals surface area contributed by atoms with Gasteiger partial charge < -0.3 is 14.9 Å². The minimum Gasteiger partial charge on any atom is -0.493 e. The molecule has 1 rings (SSSR count). The van der Waals surface area contributed by atoms with Crippen molar-refractivity contribution >= 4 is 15.9 Å². The van der Waals surface area contributed by atoms with Crippen molar-refractivity contribution in [3.8, 4) is 5.75 Å². The van der Waals surface area contributed by atoms with Crippen molar-refractivity contribution in [2.75, 3.05) is 13.2 Å². The fourth-order valence-electron chi connectivity index (χ4n) is 1.86. The van der Waals surface area contributed by atoms with Crippen LogP contribution in [-0.4, -0.2) is 29.5 Å². The van der Waals surface area contributed by atoms with Crippen LogP contribution in [0, 0.1) is 0 Å². The van der Waals surface area contributed by atoms with Gasteiger partial charge in [0.05, 0.1) is 19.3 Å². The maximum absolute atomic E-state index is 9.52. The molecule has 0 amide bonds. The Bertz CT molecular complexity index is 368. The minimum atomic E-state index is -0.682. The zero-order valence-corrected chi connectivity index (χ0v) is 12.5. The van der Waals surface area contributed by atoms with E-state index in [0.29, 0.717) is 13.0 Å². The first-order valence-corrected chi connectivity index (χ1v) is 7.09. The minimum absolute atomic E-state index is 0.136. The zero-order valence-electron chi connectivity index (χ0n) is 10.9. The average molecular weight is 317 g/mol. The van der Waals surface area contributed by atoms with Gasteiger partial charge in [-0.1, -0.05) is 29.8 Å². The highest BCUT2D eigenvalue weighted by atomic mass is 79.9. The number of halogens is 1. The Morgan fingerprint density at radius 3 is 2.72 bits per heavy atom. The van der Waals surface area contributed by atoms with E-state index < -0.39 is 6.10 Å². The van der Waals surface area contributed by atoms with Crippen LogP contribution in [0.3, 0.4) is 0 Å². The van der Waals surface area contributed by atoms with Crippen LogP contribution < -0.4 is 4.74 Å². The van der Waals surface area contributed by atoms with Crippen molar-refractivity contribution in [2.24, 2.45) is 0 Å². The third-order valence-electron chi connectivity index (χ3n) is 2.80. The van der Waals surface area contributed by atoms with Crippen molar-refractivity contribution < 1.29 is 14.9 Å². The van der Waals surface area contributed by atoms with Crippen molar-refractivity contribution in [2.45, 2.75) is 38.7 Å². The largest absolute Gasteiger partial charge is 0.493 e. The number of benzene rings is 1. The van der Waals surface area contributed by atoms with E-state index in [0.717, 1.165) is 22.2 Å². The zero-order chi connectivity index (χ0) is 13.5. The molecular formula is C14H21BrO3. The summed E-state index contributed by atoms with van der Waals surface area (Å²) in [4.78, 5) is 0. The Balaban J connectivity index is 2.86. The van der Waals surface area contributed by atoms with Gasteiger partial charge in [-0.2, -0.15) is 0 Å². The Morgan fingerprint density at radius 1 is 1.39 bits per heavy atom. The van der Waals surface area contributed by atoms with E-state index >= 15 is 0 Å². The molecular weight excluding hydrogens is 296 g/mol. The van der Waals surface area contributed by atoms with Crippen LogP contribution in [0.15, 0.2) is 22.7 Å². The summed E-state index contributed by atoms with van der Waals surface area (Å²) in [5.74, 6) is 0.995. The topological polar surface area (TPSA) is 49.7 Å². The number of hydrogen-bond acceptors (Lipinski definition) is 3. The van der Waals surface area contributed by atoms with E-state index in [1.165, 1.54) is 0 Å². The highest BCUT2D eigenvalue weighted by Gasteiger charge is 2.16. The van der Waals surface area contributed by atoms with Crippen LogP contribution in [0.5, 0.6) is 5.75 Å². The van der Waals surface area contributed by atoms with Crippen LogP contribution in [0.2, 0.25) is 0 Å². The van der Waals surface area contributed by atoms with E-state index in [1.807, 2.05) is 25.1 Å². The Kier molecular flexibility index (Phi) is 6.68. The van der Waals surface area contributed by atoms with E-state index in [2.05, 4.69) is 22.9 Å². The average Bonchev–Trinajstić information content (AvgIpc) is 2.36. The summed E-state index contributed by atoms with van der Waals surface area (Å²) < 4.78 is 6.70. The highest BCUT2D eigenvalue weighted by molar-refractivity contribution is 9.10. The number of aliphatic hydroxyl groups is 2. The Labute approximate surface area is 117 Å². The van der Waals surface area contributed by atoms with E-state index in [4.69, 9.17) is 9.84 Å². The molecule has 18 heavy (non-hydrogen) atoms. The van der Waals surface area contributed by atoms with Crippen LogP contribution in [0.4, 0.5) is 0 Å². The molecule has 0 saturated heterocycles. The molecule has 0 radical (unpaired) electrons. The highest BCUT2D eigenvalue weighted by Crippen LogP contribution is 2.32. The maximum atomic E-state index is 9.52. The Morgan fingerprint density at radius 2 is 2.11 bits per heavy atom. The molecule has 0 spiro atoms. The van der Waals surface area contributed by atoms with Crippen molar-refractivity contribution in [1.82, 2.24) is 0 Å². The summed E-state index contributed by atoms with van der Waals surface area (Å²) in [5, 5.41) is 18.4. The van der Waals surface area contributed by atoms with Gasteiger partial charge in [-0.15, -0.1) is 0 Å². The van der Waals surface area contributed by atoms with Crippen LogP contribution in [0.1, 0.15) is 38.2 Å². The van der Waals surface area contributed by atoms with Gasteiger partial charge in [-0.05, 0) is 42.5 Å². The van der Waals surface area contributed by atoms with Gasteiger partial charge >= 0.3 is 0 Å². The molecule has 4 heteroatoms. The molecule has 0 aliphatic heterocycles. The van der Waals surface area contributed by atoms with Gasteiger partial charge in [0, 0.05) is 4.47 Å². The lowest BCUT2D eigenvalue weighted by atomic mass is 9.94. The fourth-order valence-corrected chi connectivity index (χ4v) is 2.24. The summed E-state index contributed by atoms with van der Waals surface area (Å²) in [6.07, 6.45) is 0.802. The number of hydrogen-bond donors (Lipinski definition) is 2. The van der Waals surface area contributed by atoms with Gasteiger partial charge in [0.25, 0.3) is 0 Å². The molecule has 1 aromatic carbocycles. The van der Waals surface area contributed by atoms with Crippen molar-refractivity contribution in [3.05, 3.63) is 28.2 Å². The van der Waals surface area contributed by atoms with Gasteiger partial charge in [0.2, 0.25) is 0 Å². The summed E-state index contributed by atoms with van der Waals surface area (Å²) in [5.41, 5.74) is 1.06. The third-order valence-corrected chi connectivity index (χ3v) is 3.29. The molecule has 0 bridgehead atoms. The number of aliphatic hydroxyl groups excluding tert-OH is 2. The summed E-state index contributed by atoms with van der Waals surface area (Å²) in [7, 11) is 0. The molecule has 0 heterocycles. The molecule has 0 saturated carbocycles. The van der Waals surface area contributed by atoms with Crippen LogP contribution in [0.25, 0.3) is 0 Å². The monoisotopic (exact) mass is 316 g/mol.